The summed E-state index contributed by atoms with van der Waals surface area (Å²) in [6.07, 6.45) is 0.995. The fourth-order valence-electron chi connectivity index (χ4n) is 1.82. The number of carbonyl (C=O) groups excluding carboxylic acids is 2. The van der Waals surface area contributed by atoms with Gasteiger partial charge in [0.15, 0.2) is 5.75 Å². The molecule has 162 valence electrons. The predicted octanol–water partition coefficient (Wildman–Crippen LogP) is 4.17. The van der Waals surface area contributed by atoms with Crippen LogP contribution in [0.25, 0.3) is 0 Å². The molecule has 0 aliphatic rings. The molecule has 0 atom stereocenters. The van der Waals surface area contributed by atoms with E-state index in [1.807, 2.05) is 34.9 Å². The summed E-state index contributed by atoms with van der Waals surface area (Å²) in [5.74, 6) is 0.383. The zero-order valence-corrected chi connectivity index (χ0v) is 19.1. The predicted molar refractivity (Wildman–Crippen MR) is 116 cm³/mol. The normalized spacial score (nSPS) is 9.57. The first-order valence-electron chi connectivity index (χ1n) is 8.92. The number of hydrogen-bond acceptors (Lipinski definition) is 5. The van der Waals surface area contributed by atoms with Crippen LogP contribution >= 0.6 is 24.0 Å². The van der Waals surface area contributed by atoms with Gasteiger partial charge in [0.1, 0.15) is 0 Å². The second-order valence-corrected chi connectivity index (χ2v) is 6.63. The van der Waals surface area contributed by atoms with Crippen LogP contribution in [-0.2, 0) is 4.74 Å². The lowest BCUT2D eigenvalue weighted by molar-refractivity contribution is 0.146. The van der Waals surface area contributed by atoms with Crippen molar-refractivity contribution in [2.75, 3.05) is 40.8 Å². The highest BCUT2D eigenvalue weighted by Gasteiger charge is 2.08. The van der Waals surface area contributed by atoms with Crippen LogP contribution in [0.3, 0.4) is 0 Å². The lowest BCUT2D eigenvalue weighted by Crippen LogP contribution is -2.27. The van der Waals surface area contributed by atoms with Crippen molar-refractivity contribution in [2.24, 2.45) is 0 Å². The smallest absolute Gasteiger partial charge is 0.412 e. The molecule has 0 spiro atoms. The largest absolute Gasteiger partial charge is 0.450 e. The van der Waals surface area contributed by atoms with E-state index in [0.29, 0.717) is 23.9 Å². The summed E-state index contributed by atoms with van der Waals surface area (Å²) in [4.78, 5) is 23.9. The summed E-state index contributed by atoms with van der Waals surface area (Å²) in [5, 5.41) is 5.48. The quantitative estimate of drug-likeness (QED) is 0.625. The third-order valence-corrected chi connectivity index (χ3v) is 3.74. The molecule has 0 saturated carbocycles. The zero-order valence-electron chi connectivity index (χ0n) is 17.6. The molecule has 0 aromatic heterocycles. The first-order valence-corrected chi connectivity index (χ1v) is 9.30. The van der Waals surface area contributed by atoms with Crippen LogP contribution in [0.1, 0.15) is 30.9 Å². The fraction of sp³-hybridized carbons (Fsp3) is 0.579. The molecule has 0 aliphatic carbocycles. The zero-order chi connectivity index (χ0) is 20.8. The van der Waals surface area contributed by atoms with Gasteiger partial charge in [-0.15, -0.1) is 12.4 Å². The number of aryl methyl sites for hydroxylation is 2. The van der Waals surface area contributed by atoms with Crippen molar-refractivity contribution in [3.63, 3.8) is 0 Å². The molecular formula is C19H33Cl2N3O4. The van der Waals surface area contributed by atoms with Crippen LogP contribution in [0.15, 0.2) is 12.1 Å². The highest BCUT2D eigenvalue weighted by atomic mass is 35.5. The second kappa shape index (κ2) is 16.3. The minimum atomic E-state index is -0.518. The van der Waals surface area contributed by atoms with Crippen molar-refractivity contribution in [2.45, 2.75) is 33.6 Å². The Morgan fingerprint density at radius 1 is 1.14 bits per heavy atom. The average Bonchev–Trinajstić information content (AvgIpc) is 2.61. The van der Waals surface area contributed by atoms with E-state index in [2.05, 4.69) is 15.5 Å². The Morgan fingerprint density at radius 2 is 1.75 bits per heavy atom. The molecule has 0 unspecified atom stereocenters. The second-order valence-electron chi connectivity index (χ2n) is 6.23. The molecule has 2 N–H and O–H groups in total. The maximum absolute atomic E-state index is 10.9. The van der Waals surface area contributed by atoms with Crippen LogP contribution in [0.5, 0.6) is 5.75 Å². The van der Waals surface area contributed by atoms with Gasteiger partial charge >= 0.3 is 12.2 Å². The number of carbonyl (C=O) groups is 2. The molecule has 1 rings (SSSR count). The minimum Gasteiger partial charge on any atom is -0.450 e. The maximum Gasteiger partial charge on any atom is 0.412 e. The number of hydrogen-bond donors (Lipinski definition) is 2. The van der Waals surface area contributed by atoms with E-state index in [0.717, 1.165) is 30.5 Å². The number of halogens is 2. The number of benzene rings is 1. The van der Waals surface area contributed by atoms with E-state index >= 15 is 0 Å². The van der Waals surface area contributed by atoms with E-state index in [4.69, 9.17) is 21.1 Å². The van der Waals surface area contributed by atoms with E-state index in [-0.39, 0.29) is 18.5 Å². The number of alkyl carbamates (subject to hydrolysis) is 1. The molecule has 9 heteroatoms. The maximum atomic E-state index is 10.9. The SMILES string of the molecule is CCCOC(=O)NCCCN(C)C.CNC(=O)Oc1cc(C)c(C)cc1Cl.Cl. The molecule has 7 nitrogen and oxygen atoms in total. The Kier molecular flexibility index (Phi) is 16.6. The summed E-state index contributed by atoms with van der Waals surface area (Å²) in [6.45, 7) is 8.01. The standard InChI is InChI=1S/C10H12ClNO2.C9H20N2O2.ClH/c1-6-4-8(11)9(5-7(6)2)14-10(13)12-3;1-4-8-13-9(12)10-6-5-7-11(2)3;/h4-5H,1-3H3,(H,12,13);4-8H2,1-3H3,(H,10,12);1H. The van der Waals surface area contributed by atoms with Gasteiger partial charge < -0.3 is 25.0 Å². The molecule has 0 radical (unpaired) electrons. The van der Waals surface area contributed by atoms with Crippen molar-refractivity contribution in [1.82, 2.24) is 15.5 Å². The summed E-state index contributed by atoms with van der Waals surface area (Å²) in [5.41, 5.74) is 2.10. The van der Waals surface area contributed by atoms with E-state index in [1.54, 1.807) is 12.1 Å². The molecule has 1 aromatic rings. The molecule has 0 heterocycles. The monoisotopic (exact) mass is 437 g/mol. The number of ether oxygens (including phenoxy) is 2. The topological polar surface area (TPSA) is 79.9 Å². The fourth-order valence-corrected chi connectivity index (χ4v) is 2.07. The molecule has 0 bridgehead atoms. The Bertz CT molecular complexity index is 599. The highest BCUT2D eigenvalue weighted by molar-refractivity contribution is 6.32. The van der Waals surface area contributed by atoms with Gasteiger partial charge in [0.05, 0.1) is 11.6 Å². The van der Waals surface area contributed by atoms with Crippen LogP contribution in [-0.4, -0.2) is 57.9 Å². The Labute approximate surface area is 179 Å². The number of rotatable bonds is 7. The molecule has 0 fully saturated rings. The van der Waals surface area contributed by atoms with E-state index in [1.165, 1.54) is 7.05 Å². The van der Waals surface area contributed by atoms with Crippen molar-refractivity contribution >= 4 is 36.2 Å². The van der Waals surface area contributed by atoms with E-state index in [9.17, 15) is 9.59 Å². The molecule has 28 heavy (non-hydrogen) atoms. The first kappa shape index (κ1) is 28.5. The van der Waals surface area contributed by atoms with Gasteiger partial charge in [0, 0.05) is 13.6 Å². The van der Waals surface area contributed by atoms with Gasteiger partial charge in [0.2, 0.25) is 0 Å². The lowest BCUT2D eigenvalue weighted by atomic mass is 10.1. The van der Waals surface area contributed by atoms with Gasteiger partial charge in [-0.1, -0.05) is 18.5 Å². The van der Waals surface area contributed by atoms with Crippen LogP contribution < -0.4 is 15.4 Å². The summed E-state index contributed by atoms with van der Waals surface area (Å²) < 4.78 is 9.78. The van der Waals surface area contributed by atoms with Crippen molar-refractivity contribution < 1.29 is 19.1 Å². The van der Waals surface area contributed by atoms with Crippen molar-refractivity contribution in [3.8, 4) is 5.75 Å². The lowest BCUT2D eigenvalue weighted by Gasteiger charge is -2.09. The summed E-state index contributed by atoms with van der Waals surface area (Å²) in [6, 6.07) is 3.52. The van der Waals surface area contributed by atoms with Gasteiger partial charge in [-0.3, -0.25) is 0 Å². The third kappa shape index (κ3) is 13.5. The van der Waals surface area contributed by atoms with Crippen molar-refractivity contribution in [3.05, 3.63) is 28.3 Å². The minimum absolute atomic E-state index is 0. The van der Waals surface area contributed by atoms with Gasteiger partial charge in [0.25, 0.3) is 0 Å². The van der Waals surface area contributed by atoms with Crippen LogP contribution in [0, 0.1) is 13.8 Å². The molecule has 1 aromatic carbocycles. The van der Waals surface area contributed by atoms with Crippen LogP contribution in [0.2, 0.25) is 5.02 Å². The average molecular weight is 438 g/mol. The first-order chi connectivity index (χ1) is 12.7. The molecule has 0 saturated heterocycles. The summed E-state index contributed by atoms with van der Waals surface area (Å²) in [7, 11) is 5.52. The molecule has 0 aliphatic heterocycles. The third-order valence-electron chi connectivity index (χ3n) is 3.44. The number of amides is 2. The van der Waals surface area contributed by atoms with Gasteiger partial charge in [-0.05, 0) is 70.6 Å². The Balaban J connectivity index is 0. The van der Waals surface area contributed by atoms with Gasteiger partial charge in [-0.2, -0.15) is 0 Å². The summed E-state index contributed by atoms with van der Waals surface area (Å²) >= 11 is 5.90. The van der Waals surface area contributed by atoms with E-state index < -0.39 is 6.09 Å². The van der Waals surface area contributed by atoms with Crippen molar-refractivity contribution in [1.29, 1.82) is 0 Å². The molecule has 2 amide bonds. The molecular weight excluding hydrogens is 405 g/mol. The highest BCUT2D eigenvalue weighted by Crippen LogP contribution is 2.27. The Hall–Kier alpha value is -1.70. The Morgan fingerprint density at radius 3 is 2.29 bits per heavy atom. The van der Waals surface area contributed by atoms with Gasteiger partial charge in [-0.25, -0.2) is 9.59 Å². The number of nitrogens with one attached hydrogen (secondary N) is 2. The van der Waals surface area contributed by atoms with Crippen LogP contribution in [0.4, 0.5) is 9.59 Å². The number of nitrogens with zero attached hydrogens (tertiary/aromatic N) is 1.